The number of amides is 1. The van der Waals surface area contributed by atoms with Gasteiger partial charge in [0.05, 0.1) is 5.69 Å². The van der Waals surface area contributed by atoms with E-state index in [0.29, 0.717) is 31.5 Å². The van der Waals surface area contributed by atoms with Crippen molar-refractivity contribution in [2.75, 3.05) is 11.9 Å². The van der Waals surface area contributed by atoms with Crippen LogP contribution in [0.25, 0.3) is 0 Å². The SMILES string of the molecule is CCc1ncnc(NCCCCC(N)=O)c1F. The quantitative estimate of drug-likeness (QED) is 0.703. The van der Waals surface area contributed by atoms with Gasteiger partial charge in [0.25, 0.3) is 0 Å². The summed E-state index contributed by atoms with van der Waals surface area (Å²) in [5, 5.41) is 2.88. The van der Waals surface area contributed by atoms with Gasteiger partial charge in [0.15, 0.2) is 11.6 Å². The predicted molar refractivity (Wildman–Crippen MR) is 62.9 cm³/mol. The Labute approximate surface area is 99.6 Å². The molecule has 0 aromatic carbocycles. The maximum absolute atomic E-state index is 13.6. The van der Waals surface area contributed by atoms with Crippen molar-refractivity contribution < 1.29 is 9.18 Å². The summed E-state index contributed by atoms with van der Waals surface area (Å²) in [4.78, 5) is 18.2. The van der Waals surface area contributed by atoms with Crippen LogP contribution in [0.1, 0.15) is 31.9 Å². The summed E-state index contributed by atoms with van der Waals surface area (Å²) in [5.41, 5.74) is 5.41. The zero-order chi connectivity index (χ0) is 12.7. The number of nitrogens with zero attached hydrogens (tertiary/aromatic N) is 2. The molecule has 0 bridgehead atoms. The molecule has 0 saturated carbocycles. The summed E-state index contributed by atoms with van der Waals surface area (Å²) < 4.78 is 13.6. The average Bonchev–Trinajstić information content (AvgIpc) is 2.30. The molecule has 5 nitrogen and oxygen atoms in total. The van der Waals surface area contributed by atoms with E-state index in [4.69, 9.17) is 5.73 Å². The molecule has 3 N–H and O–H groups in total. The number of halogens is 1. The van der Waals surface area contributed by atoms with Gasteiger partial charge < -0.3 is 11.1 Å². The van der Waals surface area contributed by atoms with Crippen molar-refractivity contribution in [3.8, 4) is 0 Å². The summed E-state index contributed by atoms with van der Waals surface area (Å²) in [6.45, 7) is 2.40. The third-order valence-electron chi connectivity index (χ3n) is 2.34. The van der Waals surface area contributed by atoms with E-state index in [1.807, 2.05) is 6.92 Å². The first-order valence-electron chi connectivity index (χ1n) is 5.66. The fraction of sp³-hybridized carbons (Fsp3) is 0.545. The molecule has 0 radical (unpaired) electrons. The van der Waals surface area contributed by atoms with Crippen molar-refractivity contribution in [2.45, 2.75) is 32.6 Å². The van der Waals surface area contributed by atoms with Gasteiger partial charge in [-0.15, -0.1) is 0 Å². The predicted octanol–water partition coefficient (Wildman–Crippen LogP) is 1.25. The number of aromatic nitrogens is 2. The Morgan fingerprint density at radius 2 is 2.24 bits per heavy atom. The molecule has 1 rings (SSSR count). The van der Waals surface area contributed by atoms with Crippen LogP contribution in [0, 0.1) is 5.82 Å². The zero-order valence-corrected chi connectivity index (χ0v) is 9.87. The Bertz CT molecular complexity index is 384. The highest BCUT2D eigenvalue weighted by Crippen LogP contribution is 2.13. The molecular weight excluding hydrogens is 223 g/mol. The maximum Gasteiger partial charge on any atom is 0.217 e. The molecule has 1 amide bonds. The van der Waals surface area contributed by atoms with Crippen molar-refractivity contribution >= 4 is 11.7 Å². The van der Waals surface area contributed by atoms with E-state index in [2.05, 4.69) is 15.3 Å². The Morgan fingerprint density at radius 1 is 1.47 bits per heavy atom. The number of nitrogens with one attached hydrogen (secondary N) is 1. The Morgan fingerprint density at radius 3 is 2.88 bits per heavy atom. The number of anilines is 1. The lowest BCUT2D eigenvalue weighted by Gasteiger charge is -2.07. The van der Waals surface area contributed by atoms with Gasteiger partial charge in [0, 0.05) is 13.0 Å². The first-order chi connectivity index (χ1) is 8.15. The second kappa shape index (κ2) is 6.78. The molecule has 0 aliphatic rings. The van der Waals surface area contributed by atoms with Gasteiger partial charge in [-0.25, -0.2) is 14.4 Å². The monoisotopic (exact) mass is 240 g/mol. The molecule has 1 heterocycles. The lowest BCUT2D eigenvalue weighted by molar-refractivity contribution is -0.118. The van der Waals surface area contributed by atoms with Crippen LogP contribution < -0.4 is 11.1 Å². The van der Waals surface area contributed by atoms with Crippen LogP contribution in [-0.2, 0) is 11.2 Å². The van der Waals surface area contributed by atoms with Gasteiger partial charge >= 0.3 is 0 Å². The molecule has 94 valence electrons. The minimum Gasteiger partial charge on any atom is -0.370 e. The van der Waals surface area contributed by atoms with Gasteiger partial charge in [-0.05, 0) is 19.3 Å². The summed E-state index contributed by atoms with van der Waals surface area (Å²) in [7, 11) is 0. The van der Waals surface area contributed by atoms with Gasteiger partial charge in [-0.2, -0.15) is 0 Å². The smallest absolute Gasteiger partial charge is 0.217 e. The van der Waals surface area contributed by atoms with E-state index < -0.39 is 5.82 Å². The van der Waals surface area contributed by atoms with Crippen LogP contribution in [0.2, 0.25) is 0 Å². The summed E-state index contributed by atoms with van der Waals surface area (Å²) in [6, 6.07) is 0. The highest BCUT2D eigenvalue weighted by molar-refractivity contribution is 5.73. The first kappa shape index (κ1) is 13.3. The number of hydrogen-bond donors (Lipinski definition) is 2. The van der Waals surface area contributed by atoms with Crippen molar-refractivity contribution in [3.05, 3.63) is 17.8 Å². The molecule has 6 heteroatoms. The number of hydrogen-bond acceptors (Lipinski definition) is 4. The molecule has 17 heavy (non-hydrogen) atoms. The third-order valence-corrected chi connectivity index (χ3v) is 2.34. The van der Waals surface area contributed by atoms with Crippen molar-refractivity contribution in [2.24, 2.45) is 5.73 Å². The van der Waals surface area contributed by atoms with Crippen LogP contribution in [0.5, 0.6) is 0 Å². The molecule has 0 saturated heterocycles. The molecule has 0 atom stereocenters. The second-order valence-electron chi connectivity index (χ2n) is 3.69. The van der Waals surface area contributed by atoms with Gasteiger partial charge in [-0.1, -0.05) is 6.92 Å². The van der Waals surface area contributed by atoms with Crippen molar-refractivity contribution in [3.63, 3.8) is 0 Å². The largest absolute Gasteiger partial charge is 0.370 e. The lowest BCUT2D eigenvalue weighted by atomic mass is 10.2. The lowest BCUT2D eigenvalue weighted by Crippen LogP contribution is -2.12. The van der Waals surface area contributed by atoms with E-state index in [-0.39, 0.29) is 11.7 Å². The van der Waals surface area contributed by atoms with Crippen LogP contribution in [0.15, 0.2) is 6.33 Å². The van der Waals surface area contributed by atoms with E-state index in [9.17, 15) is 9.18 Å². The number of unbranched alkanes of at least 4 members (excludes halogenated alkanes) is 1. The molecular formula is C11H17FN4O. The number of rotatable bonds is 7. The molecule has 0 unspecified atom stereocenters. The first-order valence-corrected chi connectivity index (χ1v) is 5.66. The highest BCUT2D eigenvalue weighted by Gasteiger charge is 2.08. The summed E-state index contributed by atoms with van der Waals surface area (Å²) in [5.74, 6) is -0.493. The second-order valence-corrected chi connectivity index (χ2v) is 3.69. The van der Waals surface area contributed by atoms with Crippen LogP contribution in [0.4, 0.5) is 10.2 Å². The van der Waals surface area contributed by atoms with Crippen LogP contribution in [0.3, 0.4) is 0 Å². The normalized spacial score (nSPS) is 10.2. The number of primary amides is 1. The number of carbonyl (C=O) groups is 1. The summed E-state index contributed by atoms with van der Waals surface area (Å²) >= 11 is 0. The molecule has 0 aliphatic carbocycles. The van der Waals surface area contributed by atoms with E-state index in [1.54, 1.807) is 0 Å². The Kier molecular flexibility index (Phi) is 5.32. The molecule has 0 spiro atoms. The van der Waals surface area contributed by atoms with E-state index in [1.165, 1.54) is 6.33 Å². The minimum atomic E-state index is -0.398. The molecule has 0 aliphatic heterocycles. The Balaban J connectivity index is 2.39. The number of aryl methyl sites for hydroxylation is 1. The van der Waals surface area contributed by atoms with Crippen LogP contribution >= 0.6 is 0 Å². The fourth-order valence-corrected chi connectivity index (χ4v) is 1.41. The zero-order valence-electron chi connectivity index (χ0n) is 9.87. The average molecular weight is 240 g/mol. The van der Waals surface area contributed by atoms with Gasteiger partial charge in [0.2, 0.25) is 5.91 Å². The molecule has 1 aromatic rings. The molecule has 0 fully saturated rings. The molecule has 1 aromatic heterocycles. The Hall–Kier alpha value is -1.72. The fourth-order valence-electron chi connectivity index (χ4n) is 1.41. The highest BCUT2D eigenvalue weighted by atomic mass is 19.1. The van der Waals surface area contributed by atoms with E-state index in [0.717, 1.165) is 6.42 Å². The van der Waals surface area contributed by atoms with Crippen molar-refractivity contribution in [1.82, 2.24) is 9.97 Å². The van der Waals surface area contributed by atoms with E-state index >= 15 is 0 Å². The number of carbonyl (C=O) groups excluding carboxylic acids is 1. The van der Waals surface area contributed by atoms with Crippen molar-refractivity contribution in [1.29, 1.82) is 0 Å². The van der Waals surface area contributed by atoms with Crippen LogP contribution in [-0.4, -0.2) is 22.4 Å². The number of nitrogens with two attached hydrogens (primary N) is 1. The topological polar surface area (TPSA) is 80.9 Å². The maximum atomic E-state index is 13.6. The third kappa shape index (κ3) is 4.34. The minimum absolute atomic E-state index is 0.218. The summed E-state index contributed by atoms with van der Waals surface area (Å²) in [6.07, 6.45) is 3.66. The standard InChI is InChI=1S/C11H17FN4O/c1-2-8-10(12)11(16-7-15-8)14-6-4-3-5-9(13)17/h7H,2-6H2,1H3,(H2,13,17)(H,14,15,16). The van der Waals surface area contributed by atoms with Gasteiger partial charge in [0.1, 0.15) is 6.33 Å². The van der Waals surface area contributed by atoms with Gasteiger partial charge in [-0.3, -0.25) is 4.79 Å².